The maximum atomic E-state index is 9.01. The summed E-state index contributed by atoms with van der Waals surface area (Å²) in [5.74, 6) is 0. The Morgan fingerprint density at radius 3 is 2.44 bits per heavy atom. The largest absolute Gasteiger partial charge is 0.396 e. The first-order chi connectivity index (χ1) is 7.55. The first kappa shape index (κ1) is 12.3. The maximum Gasteiger partial charge on any atom is 0.0472 e. The van der Waals surface area contributed by atoms with Crippen LogP contribution in [0.15, 0.2) is 0 Å². The first-order valence-corrected chi connectivity index (χ1v) is 6.46. The van der Waals surface area contributed by atoms with Gasteiger partial charge in [0.1, 0.15) is 0 Å². The Hall–Kier alpha value is -0.120. The lowest BCUT2D eigenvalue weighted by molar-refractivity contribution is -0.0917. The third-order valence-corrected chi connectivity index (χ3v) is 4.11. The maximum absolute atomic E-state index is 9.01. The average molecular weight is 227 g/mol. The molecule has 1 N–H and O–H groups in total. The Morgan fingerprint density at radius 1 is 1.25 bits per heavy atom. The summed E-state index contributed by atoms with van der Waals surface area (Å²) in [5, 5.41) is 9.01. The first-order valence-electron chi connectivity index (χ1n) is 6.46. The van der Waals surface area contributed by atoms with Gasteiger partial charge in [0, 0.05) is 44.9 Å². The molecule has 2 saturated heterocycles. The van der Waals surface area contributed by atoms with Crippen LogP contribution in [0.1, 0.15) is 33.1 Å². The van der Waals surface area contributed by atoms with Crippen molar-refractivity contribution in [2.75, 3.05) is 39.5 Å². The molecule has 0 aromatic rings. The number of aliphatic hydroxyl groups excluding tert-OH is 1. The van der Waals surface area contributed by atoms with Crippen LogP contribution in [0.25, 0.3) is 0 Å². The van der Waals surface area contributed by atoms with Crippen molar-refractivity contribution in [3.8, 4) is 0 Å². The van der Waals surface area contributed by atoms with E-state index in [1.807, 2.05) is 0 Å². The SMILES string of the molecule is CC(C)(CCO)CN1CC2(CCOCC2)C1. The zero-order valence-corrected chi connectivity index (χ0v) is 10.7. The third kappa shape index (κ3) is 2.76. The number of likely N-dealkylation sites (tertiary alicyclic amines) is 1. The highest BCUT2D eigenvalue weighted by molar-refractivity contribution is 4.97. The van der Waals surface area contributed by atoms with E-state index in [1.165, 1.54) is 25.9 Å². The fourth-order valence-electron chi connectivity index (χ4n) is 3.12. The summed E-state index contributed by atoms with van der Waals surface area (Å²) in [4.78, 5) is 2.54. The molecule has 2 heterocycles. The van der Waals surface area contributed by atoms with Crippen molar-refractivity contribution in [1.82, 2.24) is 4.90 Å². The van der Waals surface area contributed by atoms with Crippen LogP contribution in [0.3, 0.4) is 0 Å². The molecule has 3 heteroatoms. The predicted molar refractivity (Wildman–Crippen MR) is 64.4 cm³/mol. The van der Waals surface area contributed by atoms with Gasteiger partial charge in [-0.05, 0) is 24.7 Å². The van der Waals surface area contributed by atoms with Gasteiger partial charge in [-0.15, -0.1) is 0 Å². The summed E-state index contributed by atoms with van der Waals surface area (Å²) in [6.07, 6.45) is 3.38. The minimum Gasteiger partial charge on any atom is -0.396 e. The summed E-state index contributed by atoms with van der Waals surface area (Å²) < 4.78 is 5.42. The summed E-state index contributed by atoms with van der Waals surface area (Å²) in [7, 11) is 0. The van der Waals surface area contributed by atoms with Crippen molar-refractivity contribution in [2.24, 2.45) is 10.8 Å². The Balaban J connectivity index is 1.75. The van der Waals surface area contributed by atoms with Gasteiger partial charge in [0.15, 0.2) is 0 Å². The molecule has 0 unspecified atom stereocenters. The molecule has 0 saturated carbocycles. The van der Waals surface area contributed by atoms with Crippen molar-refractivity contribution < 1.29 is 9.84 Å². The molecular formula is C13H25NO2. The fraction of sp³-hybridized carbons (Fsp3) is 1.00. The minimum atomic E-state index is 0.252. The topological polar surface area (TPSA) is 32.7 Å². The number of hydrogen-bond acceptors (Lipinski definition) is 3. The zero-order chi connectivity index (χ0) is 11.6. The molecule has 0 aromatic heterocycles. The van der Waals surface area contributed by atoms with E-state index >= 15 is 0 Å². The van der Waals surface area contributed by atoms with Crippen molar-refractivity contribution >= 4 is 0 Å². The number of hydrogen-bond donors (Lipinski definition) is 1. The number of nitrogens with zero attached hydrogens (tertiary/aromatic N) is 1. The van der Waals surface area contributed by atoms with Crippen LogP contribution < -0.4 is 0 Å². The molecule has 2 fully saturated rings. The van der Waals surface area contributed by atoms with Crippen LogP contribution in [0.5, 0.6) is 0 Å². The molecule has 0 amide bonds. The van der Waals surface area contributed by atoms with Crippen molar-refractivity contribution in [1.29, 1.82) is 0 Å². The molecule has 2 rings (SSSR count). The smallest absolute Gasteiger partial charge is 0.0472 e. The second-order valence-corrected chi connectivity index (χ2v) is 6.40. The second-order valence-electron chi connectivity index (χ2n) is 6.40. The molecule has 1 spiro atoms. The molecule has 0 aromatic carbocycles. The van der Waals surface area contributed by atoms with Crippen molar-refractivity contribution in [3.63, 3.8) is 0 Å². The van der Waals surface area contributed by atoms with Gasteiger partial charge in [0.25, 0.3) is 0 Å². The number of ether oxygens (including phenoxy) is 1. The van der Waals surface area contributed by atoms with E-state index in [2.05, 4.69) is 18.7 Å². The Labute approximate surface area is 98.8 Å². The van der Waals surface area contributed by atoms with E-state index in [0.29, 0.717) is 12.0 Å². The van der Waals surface area contributed by atoms with E-state index in [4.69, 9.17) is 9.84 Å². The Bertz CT molecular complexity index is 226. The third-order valence-electron chi connectivity index (χ3n) is 4.11. The monoisotopic (exact) mass is 227 g/mol. The summed E-state index contributed by atoms with van der Waals surface area (Å²) in [6.45, 7) is 10.3. The fourth-order valence-corrected chi connectivity index (χ4v) is 3.12. The van der Waals surface area contributed by atoms with Crippen molar-refractivity contribution in [2.45, 2.75) is 33.1 Å². The van der Waals surface area contributed by atoms with Gasteiger partial charge in [-0.3, -0.25) is 0 Å². The lowest BCUT2D eigenvalue weighted by Gasteiger charge is -2.54. The molecule has 2 aliphatic heterocycles. The van der Waals surface area contributed by atoms with Gasteiger partial charge in [-0.1, -0.05) is 13.8 Å². The molecule has 16 heavy (non-hydrogen) atoms. The lowest BCUT2D eigenvalue weighted by atomic mass is 9.72. The number of aliphatic hydroxyl groups is 1. The van der Waals surface area contributed by atoms with Crippen LogP contribution in [-0.2, 0) is 4.74 Å². The molecule has 94 valence electrons. The molecule has 0 radical (unpaired) electrons. The molecular weight excluding hydrogens is 202 g/mol. The van der Waals surface area contributed by atoms with Crippen LogP contribution in [0, 0.1) is 10.8 Å². The standard InChI is InChI=1S/C13H25NO2/c1-12(2,3-6-15)9-14-10-13(11-14)4-7-16-8-5-13/h15H,3-11H2,1-2H3. The summed E-state index contributed by atoms with van der Waals surface area (Å²) >= 11 is 0. The molecule has 0 bridgehead atoms. The molecule has 2 aliphatic rings. The van der Waals surface area contributed by atoms with E-state index in [9.17, 15) is 0 Å². The molecule has 0 aliphatic carbocycles. The van der Waals surface area contributed by atoms with E-state index in [0.717, 1.165) is 26.2 Å². The van der Waals surface area contributed by atoms with E-state index in [1.54, 1.807) is 0 Å². The van der Waals surface area contributed by atoms with Crippen LogP contribution in [0.4, 0.5) is 0 Å². The highest BCUT2D eigenvalue weighted by atomic mass is 16.5. The minimum absolute atomic E-state index is 0.252. The quantitative estimate of drug-likeness (QED) is 0.790. The molecule has 0 atom stereocenters. The lowest BCUT2D eigenvalue weighted by Crippen LogP contribution is -2.60. The highest BCUT2D eigenvalue weighted by Crippen LogP contribution is 2.41. The van der Waals surface area contributed by atoms with E-state index < -0.39 is 0 Å². The van der Waals surface area contributed by atoms with E-state index in [-0.39, 0.29) is 5.41 Å². The average Bonchev–Trinajstić information content (AvgIpc) is 2.16. The Kier molecular flexibility index (Phi) is 3.57. The summed E-state index contributed by atoms with van der Waals surface area (Å²) in [5.41, 5.74) is 0.828. The van der Waals surface area contributed by atoms with Crippen LogP contribution >= 0.6 is 0 Å². The normalized spacial score (nSPS) is 25.7. The van der Waals surface area contributed by atoms with Gasteiger partial charge >= 0.3 is 0 Å². The van der Waals surface area contributed by atoms with Crippen molar-refractivity contribution in [3.05, 3.63) is 0 Å². The highest BCUT2D eigenvalue weighted by Gasteiger charge is 2.44. The zero-order valence-electron chi connectivity index (χ0n) is 10.7. The number of rotatable bonds is 4. The van der Waals surface area contributed by atoms with Gasteiger partial charge in [0.2, 0.25) is 0 Å². The van der Waals surface area contributed by atoms with Crippen LogP contribution in [-0.4, -0.2) is 49.5 Å². The van der Waals surface area contributed by atoms with Crippen LogP contribution in [0.2, 0.25) is 0 Å². The van der Waals surface area contributed by atoms with Gasteiger partial charge in [-0.25, -0.2) is 0 Å². The summed E-state index contributed by atoms with van der Waals surface area (Å²) in [6, 6.07) is 0. The molecule has 3 nitrogen and oxygen atoms in total. The van der Waals surface area contributed by atoms with Gasteiger partial charge in [-0.2, -0.15) is 0 Å². The van der Waals surface area contributed by atoms with Gasteiger partial charge in [0.05, 0.1) is 0 Å². The Morgan fingerprint density at radius 2 is 1.88 bits per heavy atom. The van der Waals surface area contributed by atoms with Gasteiger partial charge < -0.3 is 14.7 Å². The predicted octanol–water partition coefficient (Wildman–Crippen LogP) is 1.51. The second kappa shape index (κ2) is 4.63.